The van der Waals surface area contributed by atoms with E-state index in [0.717, 1.165) is 4.47 Å². The first-order valence-electron chi connectivity index (χ1n) is 6.32. The van der Waals surface area contributed by atoms with Gasteiger partial charge in [-0.1, -0.05) is 6.07 Å². The van der Waals surface area contributed by atoms with Gasteiger partial charge in [0.25, 0.3) is 5.91 Å². The summed E-state index contributed by atoms with van der Waals surface area (Å²) in [5.74, 6) is -1.61. The summed E-state index contributed by atoms with van der Waals surface area (Å²) < 4.78 is 27.9. The van der Waals surface area contributed by atoms with Crippen molar-refractivity contribution >= 4 is 21.8 Å². The summed E-state index contributed by atoms with van der Waals surface area (Å²) in [4.78, 5) is 15.9. The maximum atomic E-state index is 13.5. The average Bonchev–Trinajstić information content (AvgIpc) is 2.43. The molecule has 1 aromatic carbocycles. The van der Waals surface area contributed by atoms with Gasteiger partial charge < -0.3 is 5.32 Å². The molecule has 0 radical (unpaired) electrons. The van der Waals surface area contributed by atoms with Gasteiger partial charge in [0.05, 0.1) is 0 Å². The van der Waals surface area contributed by atoms with E-state index in [-0.39, 0.29) is 23.6 Å². The molecule has 0 aliphatic rings. The summed E-state index contributed by atoms with van der Waals surface area (Å²) in [6.07, 6.45) is 1.58. The molecular weight excluding hydrogens is 342 g/mol. The van der Waals surface area contributed by atoms with E-state index in [1.54, 1.807) is 19.1 Å². The first-order chi connectivity index (χ1) is 9.97. The molecule has 1 aromatic heterocycles. The fraction of sp³-hybridized carbons (Fsp3) is 0.200. The molecule has 1 N–H and O–H groups in total. The molecule has 0 saturated carbocycles. The molecule has 110 valence electrons. The highest BCUT2D eigenvalue weighted by atomic mass is 79.9. The van der Waals surface area contributed by atoms with Crippen molar-refractivity contribution in [3.63, 3.8) is 0 Å². The Balaban J connectivity index is 2.03. The number of pyridine rings is 1. The summed E-state index contributed by atoms with van der Waals surface area (Å²) in [7, 11) is 0. The summed E-state index contributed by atoms with van der Waals surface area (Å²) in [5.41, 5.74) is 0.216. The van der Waals surface area contributed by atoms with E-state index >= 15 is 0 Å². The summed E-state index contributed by atoms with van der Waals surface area (Å²) in [6, 6.07) is 6.54. The molecule has 0 bridgehead atoms. The zero-order chi connectivity index (χ0) is 15.4. The standard InChI is InChI=1S/C15H13BrF2N2O/c1-9(7-11-12(17)3-2-4-13(11)18)20-15(21)14-6-5-10(16)8-19-14/h2-6,8-9H,7H2,1H3,(H,20,21). The lowest BCUT2D eigenvalue weighted by Gasteiger charge is -2.14. The lowest BCUT2D eigenvalue weighted by atomic mass is 10.1. The number of rotatable bonds is 4. The van der Waals surface area contributed by atoms with Crippen molar-refractivity contribution in [1.29, 1.82) is 0 Å². The number of benzene rings is 1. The van der Waals surface area contributed by atoms with Crippen LogP contribution < -0.4 is 5.32 Å². The van der Waals surface area contributed by atoms with Gasteiger partial charge in [-0.3, -0.25) is 4.79 Å². The Morgan fingerprint density at radius 1 is 1.29 bits per heavy atom. The fourth-order valence-corrected chi connectivity index (χ4v) is 2.13. The van der Waals surface area contributed by atoms with E-state index in [0.29, 0.717) is 0 Å². The molecule has 0 spiro atoms. The molecule has 1 heterocycles. The van der Waals surface area contributed by atoms with Crippen molar-refractivity contribution < 1.29 is 13.6 Å². The van der Waals surface area contributed by atoms with Gasteiger partial charge in [-0.25, -0.2) is 13.8 Å². The van der Waals surface area contributed by atoms with Gasteiger partial charge in [-0.05, 0) is 53.5 Å². The number of hydrogen-bond acceptors (Lipinski definition) is 2. The van der Waals surface area contributed by atoms with Crippen LogP contribution in [-0.2, 0) is 6.42 Å². The molecule has 0 aliphatic heterocycles. The minimum atomic E-state index is -0.613. The quantitative estimate of drug-likeness (QED) is 0.913. The van der Waals surface area contributed by atoms with Crippen molar-refractivity contribution in [3.05, 3.63) is 63.9 Å². The average molecular weight is 355 g/mol. The molecule has 2 rings (SSSR count). The number of aromatic nitrogens is 1. The summed E-state index contributed by atoms with van der Waals surface area (Å²) >= 11 is 3.23. The second-order valence-corrected chi connectivity index (χ2v) is 5.56. The highest BCUT2D eigenvalue weighted by Gasteiger charge is 2.15. The Labute approximate surface area is 129 Å². The highest BCUT2D eigenvalue weighted by molar-refractivity contribution is 9.10. The maximum absolute atomic E-state index is 13.5. The van der Waals surface area contributed by atoms with Crippen LogP contribution >= 0.6 is 15.9 Å². The molecular formula is C15H13BrF2N2O. The van der Waals surface area contributed by atoms with Gasteiger partial charge in [0, 0.05) is 22.3 Å². The number of carbonyl (C=O) groups excluding carboxylic acids is 1. The number of hydrogen-bond donors (Lipinski definition) is 1. The Hall–Kier alpha value is -1.82. The molecule has 0 saturated heterocycles. The van der Waals surface area contributed by atoms with Crippen LogP contribution in [-0.4, -0.2) is 16.9 Å². The second-order valence-electron chi connectivity index (χ2n) is 4.64. The molecule has 2 aromatic rings. The van der Waals surface area contributed by atoms with Crippen LogP contribution in [0.4, 0.5) is 8.78 Å². The van der Waals surface area contributed by atoms with Crippen molar-refractivity contribution in [2.45, 2.75) is 19.4 Å². The third-order valence-electron chi connectivity index (χ3n) is 2.91. The predicted octanol–water partition coefficient (Wildman–Crippen LogP) is 3.48. The second kappa shape index (κ2) is 6.76. The molecule has 3 nitrogen and oxygen atoms in total. The SMILES string of the molecule is CC(Cc1c(F)cccc1F)NC(=O)c1ccc(Br)cn1. The monoisotopic (exact) mass is 354 g/mol. The zero-order valence-electron chi connectivity index (χ0n) is 11.2. The number of nitrogens with one attached hydrogen (secondary N) is 1. The van der Waals surface area contributed by atoms with Crippen LogP contribution in [0.1, 0.15) is 23.0 Å². The molecule has 1 atom stereocenters. The fourth-order valence-electron chi connectivity index (χ4n) is 1.89. The van der Waals surface area contributed by atoms with E-state index in [4.69, 9.17) is 0 Å². The Kier molecular flexibility index (Phi) is 5.01. The van der Waals surface area contributed by atoms with Gasteiger partial charge in [0.15, 0.2) is 0 Å². The van der Waals surface area contributed by atoms with Crippen LogP contribution in [0.5, 0.6) is 0 Å². The Bertz CT molecular complexity index is 626. The van der Waals surface area contributed by atoms with E-state index in [1.165, 1.54) is 24.4 Å². The largest absolute Gasteiger partial charge is 0.348 e. The first kappa shape index (κ1) is 15.6. The third kappa shape index (κ3) is 4.07. The third-order valence-corrected chi connectivity index (χ3v) is 3.38. The van der Waals surface area contributed by atoms with Gasteiger partial charge >= 0.3 is 0 Å². The van der Waals surface area contributed by atoms with Gasteiger partial charge in [0.2, 0.25) is 0 Å². The number of halogens is 3. The molecule has 21 heavy (non-hydrogen) atoms. The topological polar surface area (TPSA) is 42.0 Å². The Morgan fingerprint density at radius 3 is 2.52 bits per heavy atom. The van der Waals surface area contributed by atoms with Crippen molar-refractivity contribution in [2.75, 3.05) is 0 Å². The van der Waals surface area contributed by atoms with E-state index in [1.807, 2.05) is 0 Å². The molecule has 1 unspecified atom stereocenters. The number of amides is 1. The van der Waals surface area contributed by atoms with Gasteiger partial charge in [-0.2, -0.15) is 0 Å². The molecule has 6 heteroatoms. The van der Waals surface area contributed by atoms with Gasteiger partial charge in [0.1, 0.15) is 17.3 Å². The van der Waals surface area contributed by atoms with Crippen molar-refractivity contribution in [1.82, 2.24) is 10.3 Å². The highest BCUT2D eigenvalue weighted by Crippen LogP contribution is 2.14. The van der Waals surface area contributed by atoms with Crippen LogP contribution in [0.3, 0.4) is 0 Å². The molecule has 1 amide bonds. The number of carbonyl (C=O) groups is 1. The van der Waals surface area contributed by atoms with Crippen molar-refractivity contribution in [3.8, 4) is 0 Å². The zero-order valence-corrected chi connectivity index (χ0v) is 12.8. The number of nitrogens with zero attached hydrogens (tertiary/aromatic N) is 1. The van der Waals surface area contributed by atoms with E-state index < -0.39 is 17.7 Å². The summed E-state index contributed by atoms with van der Waals surface area (Å²) in [5, 5.41) is 2.67. The van der Waals surface area contributed by atoms with Crippen LogP contribution in [0.25, 0.3) is 0 Å². The van der Waals surface area contributed by atoms with Crippen LogP contribution in [0.2, 0.25) is 0 Å². The Morgan fingerprint density at radius 2 is 1.95 bits per heavy atom. The summed E-state index contributed by atoms with van der Waals surface area (Å²) in [6.45, 7) is 1.68. The van der Waals surface area contributed by atoms with Crippen molar-refractivity contribution in [2.24, 2.45) is 0 Å². The van der Waals surface area contributed by atoms with Gasteiger partial charge in [-0.15, -0.1) is 0 Å². The first-order valence-corrected chi connectivity index (χ1v) is 7.12. The smallest absolute Gasteiger partial charge is 0.270 e. The predicted molar refractivity (Wildman–Crippen MR) is 78.9 cm³/mol. The lowest BCUT2D eigenvalue weighted by Crippen LogP contribution is -2.35. The molecule has 0 aliphatic carbocycles. The van der Waals surface area contributed by atoms with Crippen LogP contribution in [0.15, 0.2) is 41.0 Å². The minimum absolute atomic E-state index is 0.0333. The maximum Gasteiger partial charge on any atom is 0.270 e. The normalized spacial score (nSPS) is 12.0. The minimum Gasteiger partial charge on any atom is -0.348 e. The lowest BCUT2D eigenvalue weighted by molar-refractivity contribution is 0.0934. The molecule has 0 fully saturated rings. The van der Waals surface area contributed by atoms with Crippen LogP contribution in [0, 0.1) is 11.6 Å². The van der Waals surface area contributed by atoms with E-state index in [2.05, 4.69) is 26.2 Å². The van der Waals surface area contributed by atoms with E-state index in [9.17, 15) is 13.6 Å².